The fraction of sp³-hybridized carbons (Fsp3) is 0.333. The van der Waals surface area contributed by atoms with Gasteiger partial charge >= 0.3 is 0 Å². The number of fused-ring (bicyclic) bond motifs is 2. The van der Waals surface area contributed by atoms with Crippen molar-refractivity contribution < 1.29 is 4.79 Å². The Bertz CT molecular complexity index is 1400. The van der Waals surface area contributed by atoms with Crippen molar-refractivity contribution in [3.05, 3.63) is 63.6 Å². The van der Waals surface area contributed by atoms with Crippen molar-refractivity contribution >= 4 is 43.6 Å². The molecule has 0 radical (unpaired) electrons. The minimum Gasteiger partial charge on any atom is -0.345 e. The van der Waals surface area contributed by atoms with Gasteiger partial charge < -0.3 is 14.4 Å². The number of carbonyl (C=O) groups is 1. The molecule has 0 atom stereocenters. The number of carbonyl (C=O) groups excluding carboxylic acids is 1. The second kappa shape index (κ2) is 8.02. The summed E-state index contributed by atoms with van der Waals surface area (Å²) >= 11 is 1.68. The number of aromatic nitrogens is 3. The van der Waals surface area contributed by atoms with E-state index in [-0.39, 0.29) is 16.9 Å². The highest BCUT2D eigenvalue weighted by molar-refractivity contribution is 7.22. The van der Waals surface area contributed by atoms with Crippen LogP contribution in [-0.2, 0) is 6.54 Å². The summed E-state index contributed by atoms with van der Waals surface area (Å²) in [5.41, 5.74) is 3.68. The summed E-state index contributed by atoms with van der Waals surface area (Å²) in [6.45, 7) is 9.11. The molecule has 1 aliphatic rings. The molecule has 0 N–H and O–H groups in total. The minimum absolute atomic E-state index is 0.209. The van der Waals surface area contributed by atoms with Gasteiger partial charge in [0.25, 0.3) is 5.91 Å². The molecule has 0 saturated carbocycles. The van der Waals surface area contributed by atoms with Crippen LogP contribution >= 0.6 is 11.3 Å². The third kappa shape index (κ3) is 3.54. The van der Waals surface area contributed by atoms with E-state index in [4.69, 9.17) is 4.98 Å². The SMILES string of the molecule is CCn1cc(C(=O)N2CCN(c3nc4ccc(C)cc4s3)CC2)c(=O)c2ccc(C)nc21. The van der Waals surface area contributed by atoms with Crippen molar-refractivity contribution in [2.24, 2.45) is 0 Å². The van der Waals surface area contributed by atoms with E-state index in [0.29, 0.717) is 43.8 Å². The normalized spacial score (nSPS) is 14.5. The summed E-state index contributed by atoms with van der Waals surface area (Å²) in [7, 11) is 0. The van der Waals surface area contributed by atoms with E-state index < -0.39 is 0 Å². The van der Waals surface area contributed by atoms with Gasteiger partial charge in [-0.3, -0.25) is 9.59 Å². The molecular weight excluding hydrogens is 422 g/mol. The smallest absolute Gasteiger partial charge is 0.259 e. The summed E-state index contributed by atoms with van der Waals surface area (Å²) in [6.07, 6.45) is 1.67. The van der Waals surface area contributed by atoms with Crippen molar-refractivity contribution in [3.63, 3.8) is 0 Å². The summed E-state index contributed by atoms with van der Waals surface area (Å²) in [5, 5.41) is 1.48. The lowest BCUT2D eigenvalue weighted by Gasteiger charge is -2.34. The maximum atomic E-state index is 13.3. The quantitative estimate of drug-likeness (QED) is 0.480. The highest BCUT2D eigenvalue weighted by atomic mass is 32.1. The predicted molar refractivity (Wildman–Crippen MR) is 129 cm³/mol. The molecule has 1 aliphatic heterocycles. The molecule has 32 heavy (non-hydrogen) atoms. The minimum atomic E-state index is -0.244. The number of aryl methyl sites for hydroxylation is 3. The van der Waals surface area contributed by atoms with Crippen LogP contribution in [0.4, 0.5) is 5.13 Å². The number of nitrogens with zero attached hydrogens (tertiary/aromatic N) is 5. The largest absolute Gasteiger partial charge is 0.345 e. The Morgan fingerprint density at radius 3 is 2.59 bits per heavy atom. The average Bonchev–Trinajstić information content (AvgIpc) is 3.22. The van der Waals surface area contributed by atoms with E-state index in [1.165, 1.54) is 10.3 Å². The fourth-order valence-electron chi connectivity index (χ4n) is 4.18. The highest BCUT2D eigenvalue weighted by Crippen LogP contribution is 2.30. The zero-order valence-corrected chi connectivity index (χ0v) is 19.3. The second-order valence-corrected chi connectivity index (χ2v) is 9.24. The summed E-state index contributed by atoms with van der Waals surface area (Å²) in [5.74, 6) is -0.209. The number of piperazine rings is 1. The van der Waals surface area contributed by atoms with E-state index in [2.05, 4.69) is 35.0 Å². The molecule has 5 rings (SSSR count). The highest BCUT2D eigenvalue weighted by Gasteiger charge is 2.26. The standard InChI is InChI=1S/C24H25N5O2S/c1-4-27-14-18(21(30)17-7-6-16(3)25-22(17)27)23(31)28-9-11-29(12-10-28)24-26-19-8-5-15(2)13-20(19)32-24/h5-8,13-14H,4,9-12H2,1-3H3. The van der Waals surface area contributed by atoms with Gasteiger partial charge in [0, 0.05) is 44.6 Å². The van der Waals surface area contributed by atoms with Gasteiger partial charge in [0.15, 0.2) is 5.13 Å². The number of hydrogen-bond donors (Lipinski definition) is 0. The van der Waals surface area contributed by atoms with Gasteiger partial charge in [0.1, 0.15) is 11.2 Å². The molecule has 0 unspecified atom stereocenters. The Morgan fingerprint density at radius 1 is 1.06 bits per heavy atom. The molecular formula is C24H25N5O2S. The third-order valence-electron chi connectivity index (χ3n) is 6.00. The van der Waals surface area contributed by atoms with Crippen molar-refractivity contribution in [3.8, 4) is 0 Å². The molecule has 3 aromatic heterocycles. The van der Waals surface area contributed by atoms with E-state index in [1.54, 1.807) is 28.5 Å². The third-order valence-corrected chi connectivity index (χ3v) is 7.08. The molecule has 4 aromatic rings. The number of thiazole rings is 1. The number of benzene rings is 1. The Kier molecular flexibility index (Phi) is 5.17. The van der Waals surface area contributed by atoms with Crippen LogP contribution in [0.2, 0.25) is 0 Å². The van der Waals surface area contributed by atoms with Crippen LogP contribution in [0.1, 0.15) is 28.5 Å². The molecule has 0 bridgehead atoms. The fourth-order valence-corrected chi connectivity index (χ4v) is 5.29. The van der Waals surface area contributed by atoms with Crippen molar-refractivity contribution in [1.82, 2.24) is 19.4 Å². The average molecular weight is 448 g/mol. The molecule has 1 saturated heterocycles. The van der Waals surface area contributed by atoms with Gasteiger partial charge in [0.2, 0.25) is 5.43 Å². The van der Waals surface area contributed by atoms with E-state index in [9.17, 15) is 9.59 Å². The Balaban J connectivity index is 1.38. The Labute approximate surface area is 189 Å². The molecule has 0 spiro atoms. The van der Waals surface area contributed by atoms with E-state index in [1.807, 2.05) is 24.5 Å². The monoisotopic (exact) mass is 447 g/mol. The topological polar surface area (TPSA) is 71.3 Å². The zero-order chi connectivity index (χ0) is 22.4. The van der Waals surface area contributed by atoms with Gasteiger partial charge in [-0.1, -0.05) is 17.4 Å². The molecule has 1 fully saturated rings. The first-order valence-electron chi connectivity index (χ1n) is 10.9. The Morgan fingerprint density at radius 2 is 1.84 bits per heavy atom. The van der Waals surface area contributed by atoms with E-state index in [0.717, 1.165) is 16.3 Å². The number of pyridine rings is 2. The summed E-state index contributed by atoms with van der Waals surface area (Å²) in [6, 6.07) is 9.88. The molecule has 7 nitrogen and oxygen atoms in total. The van der Waals surface area contributed by atoms with Crippen LogP contribution in [0, 0.1) is 13.8 Å². The number of anilines is 1. The molecule has 164 valence electrons. The maximum absolute atomic E-state index is 13.3. The van der Waals surface area contributed by atoms with Gasteiger partial charge in [-0.2, -0.15) is 0 Å². The maximum Gasteiger partial charge on any atom is 0.259 e. The Hall–Kier alpha value is -3.26. The van der Waals surface area contributed by atoms with Crippen molar-refractivity contribution in [2.75, 3.05) is 31.1 Å². The summed E-state index contributed by atoms with van der Waals surface area (Å²) < 4.78 is 3.06. The molecule has 0 aliphatic carbocycles. The van der Waals surface area contributed by atoms with Gasteiger partial charge in [0.05, 0.1) is 15.6 Å². The lowest BCUT2D eigenvalue weighted by Crippen LogP contribution is -2.49. The van der Waals surface area contributed by atoms with Gasteiger partial charge in [-0.15, -0.1) is 0 Å². The van der Waals surface area contributed by atoms with E-state index >= 15 is 0 Å². The van der Waals surface area contributed by atoms with Crippen LogP contribution in [-0.4, -0.2) is 51.5 Å². The van der Waals surface area contributed by atoms with Crippen LogP contribution in [0.15, 0.2) is 41.3 Å². The molecule has 8 heteroatoms. The molecule has 4 heterocycles. The lowest BCUT2D eigenvalue weighted by atomic mass is 10.1. The summed E-state index contributed by atoms with van der Waals surface area (Å²) in [4.78, 5) is 39.6. The number of amides is 1. The van der Waals surface area contributed by atoms with Crippen LogP contribution in [0.3, 0.4) is 0 Å². The van der Waals surface area contributed by atoms with Crippen molar-refractivity contribution in [2.45, 2.75) is 27.3 Å². The van der Waals surface area contributed by atoms with Gasteiger partial charge in [-0.25, -0.2) is 9.97 Å². The first-order chi connectivity index (χ1) is 15.4. The molecule has 1 aromatic carbocycles. The first kappa shape index (κ1) is 20.6. The number of rotatable bonds is 3. The first-order valence-corrected chi connectivity index (χ1v) is 11.7. The van der Waals surface area contributed by atoms with Crippen molar-refractivity contribution in [1.29, 1.82) is 0 Å². The molecule has 1 amide bonds. The lowest BCUT2D eigenvalue weighted by molar-refractivity contribution is 0.0745. The number of hydrogen-bond acceptors (Lipinski definition) is 6. The second-order valence-electron chi connectivity index (χ2n) is 8.23. The van der Waals surface area contributed by atoms with Crippen LogP contribution in [0.25, 0.3) is 21.3 Å². The zero-order valence-electron chi connectivity index (χ0n) is 18.5. The predicted octanol–water partition coefficient (Wildman–Crippen LogP) is 3.61. The van der Waals surface area contributed by atoms with Crippen LogP contribution in [0.5, 0.6) is 0 Å². The van der Waals surface area contributed by atoms with Gasteiger partial charge in [-0.05, 0) is 50.6 Å². The van der Waals surface area contributed by atoms with Crippen LogP contribution < -0.4 is 10.3 Å².